The van der Waals surface area contributed by atoms with Gasteiger partial charge in [0.15, 0.2) is 5.43 Å². The minimum absolute atomic E-state index is 0.0525. The number of benzene rings is 3. The first-order valence-electron chi connectivity index (χ1n) is 15.6. The van der Waals surface area contributed by atoms with Gasteiger partial charge in [-0.15, -0.1) is 11.3 Å². The van der Waals surface area contributed by atoms with Crippen molar-refractivity contribution in [1.29, 1.82) is 0 Å². The summed E-state index contributed by atoms with van der Waals surface area (Å²) >= 11 is 0.972. The summed E-state index contributed by atoms with van der Waals surface area (Å²) < 4.78 is 65.6. The molecule has 2 heterocycles. The van der Waals surface area contributed by atoms with Gasteiger partial charge >= 0.3 is 13.9 Å². The zero-order chi connectivity index (χ0) is 33.9. The zero-order valence-corrected chi connectivity index (χ0v) is 27.5. The Morgan fingerprint density at radius 1 is 0.896 bits per heavy atom. The van der Waals surface area contributed by atoms with Crippen LogP contribution in [0.1, 0.15) is 31.2 Å². The molecule has 0 unspecified atom stereocenters. The number of non-ortho nitro benzene ring substituents is 1. The number of nitro groups is 1. The number of para-hydroxylation sites is 2. The van der Waals surface area contributed by atoms with Gasteiger partial charge in [0, 0.05) is 56.3 Å². The molecule has 6 rings (SSSR count). The van der Waals surface area contributed by atoms with Crippen molar-refractivity contribution < 1.29 is 31.7 Å². The molecule has 10 nitrogen and oxygen atoms in total. The van der Waals surface area contributed by atoms with E-state index in [2.05, 4.69) is 9.99 Å². The lowest BCUT2D eigenvalue weighted by molar-refractivity contribution is -0.383. The van der Waals surface area contributed by atoms with Crippen molar-refractivity contribution >= 4 is 39.9 Å². The zero-order valence-electron chi connectivity index (χ0n) is 25.8. The van der Waals surface area contributed by atoms with Crippen LogP contribution < -0.4 is 24.5 Å². The normalized spacial score (nSPS) is 19.3. The number of nitro benzene ring substituents is 1. The molecule has 4 aromatic rings. The summed E-state index contributed by atoms with van der Waals surface area (Å²) in [6.07, 6.45) is -1.37. The van der Waals surface area contributed by atoms with Crippen LogP contribution in [0.15, 0.2) is 83.7 Å². The maximum atomic E-state index is 13.9. The first-order valence-corrected chi connectivity index (χ1v) is 18.0. The van der Waals surface area contributed by atoms with E-state index in [-0.39, 0.29) is 16.1 Å². The van der Waals surface area contributed by atoms with Crippen molar-refractivity contribution in [2.75, 3.05) is 37.6 Å². The molecule has 1 aromatic heterocycles. The molecule has 1 saturated heterocycles. The van der Waals surface area contributed by atoms with Crippen LogP contribution in [0, 0.1) is 16.0 Å². The van der Waals surface area contributed by atoms with Crippen LogP contribution in [0.3, 0.4) is 0 Å². The fourth-order valence-electron chi connectivity index (χ4n) is 6.21. The maximum absolute atomic E-state index is 13.9. The van der Waals surface area contributed by atoms with Gasteiger partial charge in [-0.1, -0.05) is 36.4 Å². The third-order valence-electron chi connectivity index (χ3n) is 8.65. The Balaban J connectivity index is 1.04. The number of rotatable bonds is 10. The molecule has 254 valence electrons. The molecule has 0 atom stereocenters. The summed E-state index contributed by atoms with van der Waals surface area (Å²) in [5, 5.41) is 15.0. The molecule has 2 fully saturated rings. The van der Waals surface area contributed by atoms with Gasteiger partial charge in [-0.2, -0.15) is 18.3 Å². The van der Waals surface area contributed by atoms with Crippen molar-refractivity contribution in [3.05, 3.63) is 105 Å². The van der Waals surface area contributed by atoms with Gasteiger partial charge in [-0.05, 0) is 61.9 Å². The average Bonchev–Trinajstić information content (AvgIpc) is 3.06. The van der Waals surface area contributed by atoms with Crippen LogP contribution in [-0.4, -0.2) is 48.6 Å². The molecule has 0 spiro atoms. The van der Waals surface area contributed by atoms with Crippen LogP contribution in [0.4, 0.5) is 23.9 Å². The molecule has 3 aromatic carbocycles. The predicted octanol–water partition coefficient (Wildman–Crippen LogP) is 7.73. The van der Waals surface area contributed by atoms with Crippen molar-refractivity contribution in [2.45, 2.75) is 37.9 Å². The Hall–Kier alpha value is -3.97. The predicted molar refractivity (Wildman–Crippen MR) is 179 cm³/mol. The lowest BCUT2D eigenvalue weighted by atomic mass is 9.86. The van der Waals surface area contributed by atoms with E-state index in [9.17, 15) is 32.6 Å². The van der Waals surface area contributed by atoms with Gasteiger partial charge in [-0.25, -0.2) is 4.57 Å². The van der Waals surface area contributed by atoms with E-state index in [1.807, 2.05) is 17.0 Å². The van der Waals surface area contributed by atoms with Crippen molar-refractivity contribution in [3.8, 4) is 11.5 Å². The lowest BCUT2D eigenvalue weighted by Crippen LogP contribution is -2.48. The molecule has 1 aliphatic carbocycles. The van der Waals surface area contributed by atoms with Crippen molar-refractivity contribution in [2.24, 2.45) is 5.92 Å². The van der Waals surface area contributed by atoms with Crippen LogP contribution in [0.25, 0.3) is 10.1 Å². The van der Waals surface area contributed by atoms with E-state index in [1.54, 1.807) is 48.5 Å². The number of nitrogens with one attached hydrogen (secondary N) is 1. The molecular weight excluding hydrogens is 668 g/mol. The number of hydrogen-bond acceptors (Lipinski definition) is 9. The number of hydrogen-bond donors (Lipinski definition) is 1. The first-order chi connectivity index (χ1) is 23.0. The number of nitrogens with zero attached hydrogens (tertiary/aromatic N) is 3. The van der Waals surface area contributed by atoms with E-state index >= 15 is 0 Å². The lowest BCUT2D eigenvalue weighted by Gasteiger charge is -2.39. The summed E-state index contributed by atoms with van der Waals surface area (Å²) in [5.74, 6) is 1.32. The maximum Gasteiger partial charge on any atom is 0.513 e. The van der Waals surface area contributed by atoms with E-state index < -0.39 is 35.5 Å². The Morgan fingerprint density at radius 2 is 1.48 bits per heavy atom. The first kappa shape index (κ1) is 33.9. The summed E-state index contributed by atoms with van der Waals surface area (Å²) in [5.41, 5.74) is -2.61. The minimum atomic E-state index is -4.81. The van der Waals surface area contributed by atoms with Crippen LogP contribution in [-0.2, 0) is 10.7 Å². The molecule has 15 heteroatoms. The van der Waals surface area contributed by atoms with Crippen LogP contribution in [0.5, 0.6) is 11.5 Å². The molecular formula is C33H34F3N4O6PS. The smallest absolute Gasteiger partial charge is 0.405 e. The highest BCUT2D eigenvalue weighted by Gasteiger charge is 2.36. The molecule has 0 amide bonds. The van der Waals surface area contributed by atoms with Crippen LogP contribution in [0.2, 0.25) is 0 Å². The van der Waals surface area contributed by atoms with E-state index in [0.717, 1.165) is 43.6 Å². The average molecular weight is 703 g/mol. The van der Waals surface area contributed by atoms with Crippen molar-refractivity contribution in [3.63, 3.8) is 0 Å². The molecule has 1 N–H and O–H groups in total. The monoisotopic (exact) mass is 702 g/mol. The summed E-state index contributed by atoms with van der Waals surface area (Å²) in [4.78, 5) is 28.0. The molecule has 1 saturated carbocycles. The summed E-state index contributed by atoms with van der Waals surface area (Å²) in [6, 6.07) is 20.3. The topological polar surface area (TPSA) is 114 Å². The SMILES string of the molecule is O=c1cc(N2CCN(CC3CCC(NP(=O)(Oc4ccccc4)Oc4ccccc4)CC3)CC2)sc2c([N+](=O)[O-])cc(C(F)(F)F)cc12. The fourth-order valence-corrected chi connectivity index (χ4v) is 9.05. The van der Waals surface area contributed by atoms with E-state index in [4.69, 9.17) is 9.05 Å². The largest absolute Gasteiger partial charge is 0.513 e. The number of piperazine rings is 1. The van der Waals surface area contributed by atoms with Gasteiger partial charge in [0.1, 0.15) is 16.2 Å². The van der Waals surface area contributed by atoms with Crippen molar-refractivity contribution in [1.82, 2.24) is 9.99 Å². The number of halogens is 3. The van der Waals surface area contributed by atoms with E-state index in [0.29, 0.717) is 60.7 Å². The van der Waals surface area contributed by atoms with Gasteiger partial charge in [-0.3, -0.25) is 19.8 Å². The summed E-state index contributed by atoms with van der Waals surface area (Å²) in [7, 11) is -3.73. The second-order valence-corrected chi connectivity index (χ2v) is 14.7. The second-order valence-electron chi connectivity index (χ2n) is 12.0. The minimum Gasteiger partial charge on any atom is -0.405 e. The Bertz CT molecular complexity index is 1800. The molecule has 0 radical (unpaired) electrons. The highest BCUT2D eigenvalue weighted by Crippen LogP contribution is 2.47. The third-order valence-corrected chi connectivity index (χ3v) is 11.4. The van der Waals surface area contributed by atoms with E-state index in [1.165, 1.54) is 6.07 Å². The number of anilines is 1. The molecule has 2 aliphatic rings. The summed E-state index contributed by atoms with van der Waals surface area (Å²) in [6.45, 7) is 3.43. The Morgan fingerprint density at radius 3 is 2.02 bits per heavy atom. The highest BCUT2D eigenvalue weighted by molar-refractivity contribution is 7.52. The molecule has 48 heavy (non-hydrogen) atoms. The van der Waals surface area contributed by atoms with Gasteiger partial charge < -0.3 is 13.9 Å². The van der Waals surface area contributed by atoms with Gasteiger partial charge in [0.05, 0.1) is 15.5 Å². The Labute approximate surface area is 278 Å². The standard InChI is InChI=1S/C33H34F3N4O6PS/c34-33(35,36)24-19-28-30(41)21-31(48-32(28)29(20-24)40(42)43)39-17-15-38(16-18-39)22-23-11-13-25(14-12-23)37-47(44,45-26-7-3-1-4-8-26)46-27-9-5-2-6-10-27/h1-10,19-21,23,25H,11-18,22H2,(H,37,44). The third kappa shape index (κ3) is 8.18. The van der Waals surface area contributed by atoms with Crippen LogP contribution >= 0.6 is 19.1 Å². The highest BCUT2D eigenvalue weighted by atomic mass is 32.1. The quantitative estimate of drug-likeness (QED) is 0.101. The molecule has 1 aliphatic heterocycles. The second kappa shape index (κ2) is 14.3. The Kier molecular flexibility index (Phi) is 10.1. The number of alkyl halides is 3. The fraction of sp³-hybridized carbons (Fsp3) is 0.364. The number of fused-ring (bicyclic) bond motifs is 1. The van der Waals surface area contributed by atoms with Gasteiger partial charge in [0.25, 0.3) is 5.69 Å². The van der Waals surface area contributed by atoms with Gasteiger partial charge in [0.2, 0.25) is 0 Å². The molecule has 0 bridgehead atoms.